The molecule has 110 valence electrons. The molecule has 0 aromatic heterocycles. The van der Waals surface area contributed by atoms with Gasteiger partial charge in [0.1, 0.15) is 17.2 Å². The molecule has 2 aromatic rings. The molecule has 3 nitrogen and oxygen atoms in total. The Morgan fingerprint density at radius 1 is 1.10 bits per heavy atom. The van der Waals surface area contributed by atoms with E-state index in [1.807, 2.05) is 42.5 Å². The maximum atomic E-state index is 6.09. The van der Waals surface area contributed by atoms with Crippen molar-refractivity contribution in [2.45, 2.75) is 25.4 Å². The van der Waals surface area contributed by atoms with Crippen LogP contribution in [0.1, 0.15) is 18.4 Å². The molecule has 1 aliphatic carbocycles. The molecule has 2 aromatic carbocycles. The van der Waals surface area contributed by atoms with Gasteiger partial charge in [0.2, 0.25) is 0 Å². The monoisotopic (exact) mass is 303 g/mol. The van der Waals surface area contributed by atoms with Gasteiger partial charge in [0, 0.05) is 23.2 Å². The molecule has 0 aliphatic heterocycles. The summed E-state index contributed by atoms with van der Waals surface area (Å²) in [5.41, 5.74) is 1.07. The second-order valence-corrected chi connectivity index (χ2v) is 5.62. The Labute approximate surface area is 129 Å². The van der Waals surface area contributed by atoms with Crippen LogP contribution in [-0.4, -0.2) is 13.2 Å². The smallest absolute Gasteiger partial charge is 0.132 e. The fourth-order valence-electron chi connectivity index (χ4n) is 2.10. The van der Waals surface area contributed by atoms with E-state index in [1.54, 1.807) is 7.11 Å². The zero-order valence-electron chi connectivity index (χ0n) is 11.9. The first-order valence-corrected chi connectivity index (χ1v) is 7.46. The first-order valence-electron chi connectivity index (χ1n) is 7.08. The zero-order valence-corrected chi connectivity index (χ0v) is 12.7. The molecule has 4 heteroatoms. The van der Waals surface area contributed by atoms with E-state index in [0.717, 1.165) is 34.4 Å². The molecule has 1 N–H and O–H groups in total. The summed E-state index contributed by atoms with van der Waals surface area (Å²) in [4.78, 5) is 0. The largest absolute Gasteiger partial charge is 0.497 e. The number of rotatable bonds is 6. The Hall–Kier alpha value is -1.71. The lowest BCUT2D eigenvalue weighted by molar-refractivity contribution is 0.412. The SMILES string of the molecule is COc1ccc(Oc2ccc(Cl)cc2CNC2CC2)cc1. The lowest BCUT2D eigenvalue weighted by Gasteiger charge is -2.12. The summed E-state index contributed by atoms with van der Waals surface area (Å²) >= 11 is 6.09. The fraction of sp³-hybridized carbons (Fsp3) is 0.294. The molecule has 1 fully saturated rings. The molecule has 0 spiro atoms. The zero-order chi connectivity index (χ0) is 14.7. The van der Waals surface area contributed by atoms with E-state index < -0.39 is 0 Å². The number of halogens is 1. The van der Waals surface area contributed by atoms with Crippen LogP contribution in [0.15, 0.2) is 42.5 Å². The van der Waals surface area contributed by atoms with Gasteiger partial charge >= 0.3 is 0 Å². The second-order valence-electron chi connectivity index (χ2n) is 5.18. The van der Waals surface area contributed by atoms with Crippen LogP contribution in [0, 0.1) is 0 Å². The van der Waals surface area contributed by atoms with Crippen LogP contribution in [0.4, 0.5) is 0 Å². The average molecular weight is 304 g/mol. The number of benzene rings is 2. The van der Waals surface area contributed by atoms with Crippen LogP contribution >= 0.6 is 11.6 Å². The highest BCUT2D eigenvalue weighted by Gasteiger charge is 2.20. The standard InChI is InChI=1S/C17H18ClNO2/c1-20-15-5-7-16(8-6-15)21-17-9-2-13(18)10-12(17)11-19-14-3-4-14/h2,5-10,14,19H,3-4,11H2,1H3. The third-order valence-corrected chi connectivity index (χ3v) is 3.70. The Kier molecular flexibility index (Phi) is 4.32. The number of nitrogens with one attached hydrogen (secondary N) is 1. The third kappa shape index (κ3) is 3.90. The molecule has 0 amide bonds. The van der Waals surface area contributed by atoms with Crippen LogP contribution in [0.25, 0.3) is 0 Å². The van der Waals surface area contributed by atoms with Crippen LogP contribution < -0.4 is 14.8 Å². The lowest BCUT2D eigenvalue weighted by atomic mass is 10.2. The van der Waals surface area contributed by atoms with Crippen molar-refractivity contribution in [3.8, 4) is 17.2 Å². The Morgan fingerprint density at radius 3 is 2.48 bits per heavy atom. The van der Waals surface area contributed by atoms with E-state index in [9.17, 15) is 0 Å². The predicted molar refractivity (Wildman–Crippen MR) is 84.4 cm³/mol. The molecular formula is C17H18ClNO2. The average Bonchev–Trinajstić information content (AvgIpc) is 3.32. The van der Waals surface area contributed by atoms with Crippen molar-refractivity contribution in [3.63, 3.8) is 0 Å². The van der Waals surface area contributed by atoms with E-state index in [0.29, 0.717) is 6.04 Å². The number of methoxy groups -OCH3 is 1. The Bertz CT molecular complexity index is 609. The lowest BCUT2D eigenvalue weighted by Crippen LogP contribution is -2.15. The summed E-state index contributed by atoms with van der Waals surface area (Å²) < 4.78 is 11.1. The number of ether oxygens (including phenoxy) is 2. The molecule has 21 heavy (non-hydrogen) atoms. The summed E-state index contributed by atoms with van der Waals surface area (Å²) in [5.74, 6) is 2.43. The van der Waals surface area contributed by atoms with E-state index in [4.69, 9.17) is 21.1 Å². The molecule has 0 unspecified atom stereocenters. The van der Waals surface area contributed by atoms with Gasteiger partial charge < -0.3 is 14.8 Å². The minimum atomic E-state index is 0.651. The summed E-state index contributed by atoms with van der Waals surface area (Å²) in [6.45, 7) is 0.775. The normalized spacial score (nSPS) is 14.0. The maximum Gasteiger partial charge on any atom is 0.132 e. The maximum absolute atomic E-state index is 6.09. The van der Waals surface area contributed by atoms with Gasteiger partial charge in [-0.1, -0.05) is 11.6 Å². The van der Waals surface area contributed by atoms with E-state index >= 15 is 0 Å². The Balaban J connectivity index is 1.75. The first kappa shape index (κ1) is 14.2. The van der Waals surface area contributed by atoms with Gasteiger partial charge in [-0.05, 0) is 55.3 Å². The third-order valence-electron chi connectivity index (χ3n) is 3.47. The minimum Gasteiger partial charge on any atom is -0.497 e. The predicted octanol–water partition coefficient (Wildman–Crippen LogP) is 4.39. The van der Waals surface area contributed by atoms with Crippen LogP contribution in [-0.2, 0) is 6.54 Å². The van der Waals surface area contributed by atoms with E-state index in [1.165, 1.54) is 12.8 Å². The highest BCUT2D eigenvalue weighted by molar-refractivity contribution is 6.30. The van der Waals surface area contributed by atoms with Crippen molar-refractivity contribution < 1.29 is 9.47 Å². The molecule has 0 bridgehead atoms. The topological polar surface area (TPSA) is 30.5 Å². The van der Waals surface area contributed by atoms with E-state index in [2.05, 4.69) is 5.32 Å². The number of hydrogen-bond donors (Lipinski definition) is 1. The highest BCUT2D eigenvalue weighted by Crippen LogP contribution is 2.30. The molecular weight excluding hydrogens is 286 g/mol. The first-order chi connectivity index (χ1) is 10.2. The van der Waals surface area contributed by atoms with Crippen LogP contribution in [0.5, 0.6) is 17.2 Å². The van der Waals surface area contributed by atoms with Gasteiger partial charge in [0.05, 0.1) is 7.11 Å². The summed E-state index contributed by atoms with van der Waals surface area (Å²) in [6, 6.07) is 13.9. The van der Waals surface area contributed by atoms with Gasteiger partial charge in [0.15, 0.2) is 0 Å². The van der Waals surface area contributed by atoms with Gasteiger partial charge in [-0.2, -0.15) is 0 Å². The van der Waals surface area contributed by atoms with Crippen LogP contribution in [0.2, 0.25) is 5.02 Å². The molecule has 0 saturated heterocycles. The molecule has 0 atom stereocenters. The minimum absolute atomic E-state index is 0.651. The summed E-state index contributed by atoms with van der Waals surface area (Å²) in [6.07, 6.45) is 2.52. The van der Waals surface area contributed by atoms with Crippen molar-refractivity contribution >= 4 is 11.6 Å². The quantitative estimate of drug-likeness (QED) is 0.858. The van der Waals surface area contributed by atoms with Crippen molar-refractivity contribution in [1.82, 2.24) is 5.32 Å². The van der Waals surface area contributed by atoms with E-state index in [-0.39, 0.29) is 0 Å². The fourth-order valence-corrected chi connectivity index (χ4v) is 2.29. The molecule has 0 heterocycles. The second kappa shape index (κ2) is 6.37. The van der Waals surface area contributed by atoms with Gasteiger partial charge in [-0.15, -0.1) is 0 Å². The molecule has 1 saturated carbocycles. The number of hydrogen-bond acceptors (Lipinski definition) is 3. The van der Waals surface area contributed by atoms with Crippen molar-refractivity contribution in [2.75, 3.05) is 7.11 Å². The van der Waals surface area contributed by atoms with Crippen molar-refractivity contribution in [3.05, 3.63) is 53.1 Å². The van der Waals surface area contributed by atoms with Crippen molar-refractivity contribution in [2.24, 2.45) is 0 Å². The van der Waals surface area contributed by atoms with Gasteiger partial charge in [0.25, 0.3) is 0 Å². The summed E-state index contributed by atoms with van der Waals surface area (Å²) in [5, 5.41) is 4.21. The summed E-state index contributed by atoms with van der Waals surface area (Å²) in [7, 11) is 1.65. The molecule has 3 rings (SSSR count). The Morgan fingerprint density at radius 2 is 1.81 bits per heavy atom. The van der Waals surface area contributed by atoms with Crippen LogP contribution in [0.3, 0.4) is 0 Å². The van der Waals surface area contributed by atoms with Gasteiger partial charge in [-0.3, -0.25) is 0 Å². The van der Waals surface area contributed by atoms with Gasteiger partial charge in [-0.25, -0.2) is 0 Å². The molecule has 1 aliphatic rings. The van der Waals surface area contributed by atoms with Crippen molar-refractivity contribution in [1.29, 1.82) is 0 Å². The molecule has 0 radical (unpaired) electrons. The highest BCUT2D eigenvalue weighted by atomic mass is 35.5.